The first kappa shape index (κ1) is 19.0. The van der Waals surface area contributed by atoms with Crippen molar-refractivity contribution in [1.29, 1.82) is 0 Å². The number of amides is 1. The first-order valence-corrected chi connectivity index (χ1v) is 9.30. The number of hydrogen-bond donors (Lipinski definition) is 2. The van der Waals surface area contributed by atoms with Gasteiger partial charge in [-0.2, -0.15) is 0 Å². The molecule has 0 unspecified atom stereocenters. The van der Waals surface area contributed by atoms with Crippen molar-refractivity contribution in [2.45, 2.75) is 20.8 Å². The number of halogens is 1. The molecule has 138 valence electrons. The number of nitrogens with one attached hydrogen (secondary N) is 2. The van der Waals surface area contributed by atoms with Crippen LogP contribution in [0.5, 0.6) is 0 Å². The highest BCUT2D eigenvalue weighted by atomic mass is 79.9. The summed E-state index contributed by atoms with van der Waals surface area (Å²) in [5.41, 5.74) is 4.22. The van der Waals surface area contributed by atoms with Crippen LogP contribution < -0.4 is 10.6 Å². The molecular weight excluding hydrogens is 406 g/mol. The van der Waals surface area contributed by atoms with Gasteiger partial charge in [-0.1, -0.05) is 22.0 Å². The highest BCUT2D eigenvalue weighted by Crippen LogP contribution is 2.21. The third kappa shape index (κ3) is 4.68. The number of carbonyl (C=O) groups is 1. The summed E-state index contributed by atoms with van der Waals surface area (Å²) in [6.07, 6.45) is 1.70. The van der Waals surface area contributed by atoms with Crippen LogP contribution in [0, 0.1) is 20.8 Å². The molecule has 0 fully saturated rings. The molecule has 0 saturated carbocycles. The molecular formula is C20H20BrN5O. The van der Waals surface area contributed by atoms with E-state index >= 15 is 0 Å². The zero-order chi connectivity index (χ0) is 19.4. The average Bonchev–Trinajstić information content (AvgIpc) is 2.66. The number of nitrogens with zero attached hydrogens (tertiary/aromatic N) is 3. The fourth-order valence-electron chi connectivity index (χ4n) is 2.54. The first-order chi connectivity index (χ1) is 12.9. The predicted molar refractivity (Wildman–Crippen MR) is 111 cm³/mol. The van der Waals surface area contributed by atoms with Gasteiger partial charge < -0.3 is 10.6 Å². The monoisotopic (exact) mass is 425 g/mol. The smallest absolute Gasteiger partial charge is 0.243 e. The molecule has 0 aliphatic carbocycles. The first-order valence-electron chi connectivity index (χ1n) is 8.50. The summed E-state index contributed by atoms with van der Waals surface area (Å²) in [5.74, 6) is 1.02. The molecule has 0 saturated heterocycles. The topological polar surface area (TPSA) is 79.8 Å². The van der Waals surface area contributed by atoms with Crippen molar-refractivity contribution in [2.75, 3.05) is 17.2 Å². The third-order valence-electron chi connectivity index (χ3n) is 4.16. The minimum Gasteiger partial charge on any atom is -0.361 e. The van der Waals surface area contributed by atoms with Crippen LogP contribution in [0.15, 0.2) is 47.1 Å². The lowest BCUT2D eigenvalue weighted by atomic mass is 10.2. The normalized spacial score (nSPS) is 10.5. The number of hydrogen-bond acceptors (Lipinski definition) is 5. The van der Waals surface area contributed by atoms with E-state index in [0.717, 1.165) is 27.0 Å². The van der Waals surface area contributed by atoms with E-state index in [1.165, 1.54) is 0 Å². The number of carbonyl (C=O) groups excluding carboxylic acids is 1. The van der Waals surface area contributed by atoms with Gasteiger partial charge in [-0.3, -0.25) is 9.78 Å². The summed E-state index contributed by atoms with van der Waals surface area (Å²) in [6, 6.07) is 11.3. The highest BCUT2D eigenvalue weighted by Gasteiger charge is 2.12. The van der Waals surface area contributed by atoms with Crippen LogP contribution in [0.4, 0.5) is 11.5 Å². The SMILES string of the molecule is Cc1cc(Br)ccc1NC(=O)CNc1nc(-c2ccccn2)nc(C)c1C. The summed E-state index contributed by atoms with van der Waals surface area (Å²) < 4.78 is 0.977. The summed E-state index contributed by atoms with van der Waals surface area (Å²) in [6.45, 7) is 5.90. The number of benzene rings is 1. The van der Waals surface area contributed by atoms with Crippen molar-refractivity contribution < 1.29 is 4.79 Å². The molecule has 27 heavy (non-hydrogen) atoms. The molecule has 0 aliphatic heterocycles. The van der Waals surface area contributed by atoms with Crippen LogP contribution >= 0.6 is 15.9 Å². The number of anilines is 2. The Hall–Kier alpha value is -2.80. The summed E-state index contributed by atoms with van der Waals surface area (Å²) in [4.78, 5) is 25.7. The van der Waals surface area contributed by atoms with E-state index in [9.17, 15) is 4.79 Å². The van der Waals surface area contributed by atoms with Crippen molar-refractivity contribution in [2.24, 2.45) is 0 Å². The highest BCUT2D eigenvalue weighted by molar-refractivity contribution is 9.10. The van der Waals surface area contributed by atoms with Crippen LogP contribution in [0.25, 0.3) is 11.5 Å². The van der Waals surface area contributed by atoms with Crippen LogP contribution in [0.2, 0.25) is 0 Å². The van der Waals surface area contributed by atoms with Crippen molar-refractivity contribution in [3.05, 3.63) is 63.9 Å². The molecule has 0 bridgehead atoms. The lowest BCUT2D eigenvalue weighted by molar-refractivity contribution is -0.114. The third-order valence-corrected chi connectivity index (χ3v) is 4.66. The Kier molecular flexibility index (Phi) is 5.81. The van der Waals surface area contributed by atoms with Gasteiger partial charge in [0.05, 0.1) is 6.54 Å². The maximum Gasteiger partial charge on any atom is 0.243 e. The Morgan fingerprint density at radius 3 is 2.63 bits per heavy atom. The Morgan fingerprint density at radius 1 is 1.11 bits per heavy atom. The zero-order valence-corrected chi connectivity index (χ0v) is 17.0. The van der Waals surface area contributed by atoms with E-state index in [0.29, 0.717) is 17.3 Å². The van der Waals surface area contributed by atoms with Gasteiger partial charge in [-0.15, -0.1) is 0 Å². The largest absolute Gasteiger partial charge is 0.361 e. The quantitative estimate of drug-likeness (QED) is 0.637. The zero-order valence-electron chi connectivity index (χ0n) is 15.4. The molecule has 2 N–H and O–H groups in total. The van der Waals surface area contributed by atoms with Gasteiger partial charge in [0.2, 0.25) is 5.91 Å². The maximum absolute atomic E-state index is 12.3. The summed E-state index contributed by atoms with van der Waals surface area (Å²) in [7, 11) is 0. The number of rotatable bonds is 5. The lowest BCUT2D eigenvalue weighted by Crippen LogP contribution is -2.23. The van der Waals surface area contributed by atoms with E-state index in [-0.39, 0.29) is 12.5 Å². The van der Waals surface area contributed by atoms with Crippen LogP contribution in [-0.2, 0) is 4.79 Å². The number of aryl methyl sites for hydroxylation is 2. The molecule has 2 heterocycles. The fraction of sp³-hybridized carbons (Fsp3) is 0.200. The average molecular weight is 426 g/mol. The maximum atomic E-state index is 12.3. The molecule has 2 aromatic heterocycles. The van der Waals surface area contributed by atoms with E-state index in [4.69, 9.17) is 0 Å². The van der Waals surface area contributed by atoms with Crippen molar-refractivity contribution >= 4 is 33.3 Å². The second kappa shape index (κ2) is 8.26. The standard InChI is InChI=1S/C20H20BrN5O/c1-12-10-15(21)7-8-16(12)25-18(27)11-23-19-13(2)14(3)24-20(26-19)17-6-4-5-9-22-17/h4-10H,11H2,1-3H3,(H,25,27)(H,23,24,26). The fourth-order valence-corrected chi connectivity index (χ4v) is 3.01. The molecule has 1 amide bonds. The van der Waals surface area contributed by atoms with Gasteiger partial charge in [0, 0.05) is 27.6 Å². The van der Waals surface area contributed by atoms with Gasteiger partial charge in [-0.25, -0.2) is 9.97 Å². The Labute approximate surface area is 166 Å². The van der Waals surface area contributed by atoms with Crippen LogP contribution in [0.1, 0.15) is 16.8 Å². The molecule has 6 nitrogen and oxygen atoms in total. The van der Waals surface area contributed by atoms with E-state index in [1.54, 1.807) is 6.20 Å². The Morgan fingerprint density at radius 2 is 1.93 bits per heavy atom. The lowest BCUT2D eigenvalue weighted by Gasteiger charge is -2.13. The predicted octanol–water partition coefficient (Wildman–Crippen LogP) is 4.28. The van der Waals surface area contributed by atoms with Crippen molar-refractivity contribution in [1.82, 2.24) is 15.0 Å². The second-order valence-corrected chi connectivity index (χ2v) is 7.10. The van der Waals surface area contributed by atoms with Gasteiger partial charge in [0.15, 0.2) is 5.82 Å². The molecule has 1 aromatic carbocycles. The molecule has 3 aromatic rings. The molecule has 0 radical (unpaired) electrons. The van der Waals surface area contributed by atoms with Crippen LogP contribution in [-0.4, -0.2) is 27.4 Å². The molecule has 0 aliphatic rings. The molecule has 0 atom stereocenters. The molecule has 7 heteroatoms. The number of pyridine rings is 1. The summed E-state index contributed by atoms with van der Waals surface area (Å²) in [5, 5.41) is 6.02. The van der Waals surface area contributed by atoms with Gasteiger partial charge in [0.25, 0.3) is 0 Å². The van der Waals surface area contributed by atoms with Gasteiger partial charge in [-0.05, 0) is 56.7 Å². The molecule has 0 spiro atoms. The van der Waals surface area contributed by atoms with Crippen molar-refractivity contribution in [3.63, 3.8) is 0 Å². The molecule has 3 rings (SSSR count). The summed E-state index contributed by atoms with van der Waals surface area (Å²) >= 11 is 3.42. The van der Waals surface area contributed by atoms with Crippen LogP contribution in [0.3, 0.4) is 0 Å². The number of aromatic nitrogens is 3. The van der Waals surface area contributed by atoms with Gasteiger partial charge in [0.1, 0.15) is 11.5 Å². The van der Waals surface area contributed by atoms with E-state index in [1.807, 2.05) is 57.2 Å². The minimum atomic E-state index is -0.143. The van der Waals surface area contributed by atoms with Crippen molar-refractivity contribution in [3.8, 4) is 11.5 Å². The second-order valence-electron chi connectivity index (χ2n) is 6.18. The van der Waals surface area contributed by atoms with E-state index < -0.39 is 0 Å². The Balaban J connectivity index is 1.73. The van der Waals surface area contributed by atoms with E-state index in [2.05, 4.69) is 41.5 Å². The van der Waals surface area contributed by atoms with Gasteiger partial charge >= 0.3 is 0 Å². The Bertz CT molecular complexity index is 976. The minimum absolute atomic E-state index is 0.106.